The van der Waals surface area contributed by atoms with E-state index in [4.69, 9.17) is 0 Å². The molecule has 3 aromatic rings. The second-order valence-corrected chi connectivity index (χ2v) is 4.67. The van der Waals surface area contributed by atoms with Crippen LogP contribution in [-0.4, -0.2) is 14.7 Å². The number of benzene rings is 1. The van der Waals surface area contributed by atoms with E-state index in [-0.39, 0.29) is 5.69 Å². The first kappa shape index (κ1) is 11.6. The molecule has 5 nitrogen and oxygen atoms in total. The van der Waals surface area contributed by atoms with Crippen molar-refractivity contribution in [1.29, 1.82) is 0 Å². The van der Waals surface area contributed by atoms with Crippen LogP contribution in [0.5, 0.6) is 0 Å². The number of thiophene rings is 1. The molecule has 3 rings (SSSR count). The third-order valence-corrected chi connectivity index (χ3v) is 3.45. The van der Waals surface area contributed by atoms with Crippen LogP contribution in [0.3, 0.4) is 0 Å². The Morgan fingerprint density at radius 3 is 2.79 bits per heavy atom. The first-order valence-electron chi connectivity index (χ1n) is 5.58. The van der Waals surface area contributed by atoms with Gasteiger partial charge in [0.15, 0.2) is 0 Å². The smallest absolute Gasteiger partial charge is 0.258 e. The summed E-state index contributed by atoms with van der Waals surface area (Å²) >= 11 is 1.58. The number of nitro benzene ring substituents is 1. The van der Waals surface area contributed by atoms with Crippen molar-refractivity contribution in [2.45, 2.75) is 0 Å². The third-order valence-electron chi connectivity index (χ3n) is 2.77. The van der Waals surface area contributed by atoms with E-state index >= 15 is 0 Å². The number of para-hydroxylation sites is 2. The summed E-state index contributed by atoms with van der Waals surface area (Å²) in [7, 11) is 0. The summed E-state index contributed by atoms with van der Waals surface area (Å²) in [5, 5.41) is 19.2. The van der Waals surface area contributed by atoms with Crippen molar-refractivity contribution in [3.8, 4) is 16.9 Å². The topological polar surface area (TPSA) is 61.0 Å². The normalized spacial score (nSPS) is 10.5. The monoisotopic (exact) mass is 271 g/mol. The second kappa shape index (κ2) is 4.66. The van der Waals surface area contributed by atoms with Gasteiger partial charge in [-0.25, -0.2) is 4.68 Å². The SMILES string of the molecule is O=[N+]([O-])c1ccccc1-n1nccc1-c1ccsc1. The second-order valence-electron chi connectivity index (χ2n) is 3.89. The molecule has 94 valence electrons. The lowest BCUT2D eigenvalue weighted by Gasteiger charge is -2.06. The van der Waals surface area contributed by atoms with Crippen LogP contribution in [0.2, 0.25) is 0 Å². The highest BCUT2D eigenvalue weighted by atomic mass is 32.1. The molecule has 0 atom stereocenters. The molecule has 2 heterocycles. The number of nitrogens with zero attached hydrogens (tertiary/aromatic N) is 3. The number of nitro groups is 1. The minimum atomic E-state index is -0.394. The summed E-state index contributed by atoms with van der Waals surface area (Å²) in [6, 6.07) is 10.4. The van der Waals surface area contributed by atoms with Gasteiger partial charge in [0.1, 0.15) is 5.69 Å². The molecule has 0 aliphatic carbocycles. The minimum absolute atomic E-state index is 0.0441. The molecular weight excluding hydrogens is 262 g/mol. The summed E-state index contributed by atoms with van der Waals surface area (Å²) < 4.78 is 1.60. The number of hydrogen-bond donors (Lipinski definition) is 0. The molecule has 0 fully saturated rings. The van der Waals surface area contributed by atoms with Gasteiger partial charge in [-0.3, -0.25) is 10.1 Å². The van der Waals surface area contributed by atoms with Crippen molar-refractivity contribution in [3.05, 3.63) is 63.5 Å². The fourth-order valence-corrected chi connectivity index (χ4v) is 2.57. The van der Waals surface area contributed by atoms with Crippen LogP contribution in [0.25, 0.3) is 16.9 Å². The van der Waals surface area contributed by atoms with E-state index in [9.17, 15) is 10.1 Å². The van der Waals surface area contributed by atoms with E-state index in [0.29, 0.717) is 5.69 Å². The third kappa shape index (κ3) is 2.02. The molecule has 0 saturated carbocycles. The van der Waals surface area contributed by atoms with Gasteiger partial charge < -0.3 is 0 Å². The largest absolute Gasteiger partial charge is 0.294 e. The zero-order valence-electron chi connectivity index (χ0n) is 9.76. The Morgan fingerprint density at radius 2 is 2.05 bits per heavy atom. The highest BCUT2D eigenvalue weighted by Gasteiger charge is 2.17. The molecule has 2 aromatic heterocycles. The first-order valence-corrected chi connectivity index (χ1v) is 6.52. The number of rotatable bonds is 3. The van der Waals surface area contributed by atoms with Crippen molar-refractivity contribution >= 4 is 17.0 Å². The minimum Gasteiger partial charge on any atom is -0.258 e. The maximum absolute atomic E-state index is 11.1. The van der Waals surface area contributed by atoms with Gasteiger partial charge in [-0.05, 0) is 23.6 Å². The van der Waals surface area contributed by atoms with E-state index in [0.717, 1.165) is 11.3 Å². The van der Waals surface area contributed by atoms with Gasteiger partial charge in [-0.2, -0.15) is 16.4 Å². The van der Waals surface area contributed by atoms with Crippen molar-refractivity contribution in [2.24, 2.45) is 0 Å². The number of aromatic nitrogens is 2. The molecule has 0 aliphatic heterocycles. The average Bonchev–Trinajstić information content (AvgIpc) is 3.09. The van der Waals surface area contributed by atoms with Crippen molar-refractivity contribution in [2.75, 3.05) is 0 Å². The molecule has 0 bridgehead atoms. The van der Waals surface area contributed by atoms with E-state index < -0.39 is 4.92 Å². The van der Waals surface area contributed by atoms with E-state index in [1.807, 2.05) is 22.9 Å². The van der Waals surface area contributed by atoms with Gasteiger partial charge in [0.2, 0.25) is 0 Å². The summed E-state index contributed by atoms with van der Waals surface area (Å²) in [4.78, 5) is 10.7. The molecule has 0 unspecified atom stereocenters. The molecule has 1 aromatic carbocycles. The zero-order chi connectivity index (χ0) is 13.2. The molecule has 0 radical (unpaired) electrons. The van der Waals surface area contributed by atoms with Crippen LogP contribution in [-0.2, 0) is 0 Å². The summed E-state index contributed by atoms with van der Waals surface area (Å²) in [5.41, 5.74) is 2.36. The molecule has 0 aliphatic rings. The van der Waals surface area contributed by atoms with E-state index in [1.165, 1.54) is 6.07 Å². The number of hydrogen-bond acceptors (Lipinski definition) is 4. The molecule has 0 amide bonds. The van der Waals surface area contributed by atoms with E-state index in [2.05, 4.69) is 5.10 Å². The summed E-state index contributed by atoms with van der Waals surface area (Å²) in [6.07, 6.45) is 1.64. The van der Waals surface area contributed by atoms with Crippen molar-refractivity contribution in [3.63, 3.8) is 0 Å². The van der Waals surface area contributed by atoms with Gasteiger partial charge in [0, 0.05) is 17.0 Å². The Morgan fingerprint density at radius 1 is 1.21 bits per heavy atom. The van der Waals surface area contributed by atoms with Crippen molar-refractivity contribution in [1.82, 2.24) is 9.78 Å². The lowest BCUT2D eigenvalue weighted by molar-refractivity contribution is -0.384. The Labute approximate surface area is 112 Å². The standard InChI is InChI=1S/C13H9N3O2S/c17-16(18)13-4-2-1-3-12(13)15-11(5-7-14-15)10-6-8-19-9-10/h1-9H. The highest BCUT2D eigenvalue weighted by molar-refractivity contribution is 7.08. The Hall–Kier alpha value is -2.47. The average molecular weight is 271 g/mol. The Kier molecular flexibility index (Phi) is 2.85. The summed E-state index contributed by atoms with van der Waals surface area (Å²) in [5.74, 6) is 0. The Balaban J connectivity index is 2.19. The first-order chi connectivity index (χ1) is 9.27. The van der Waals surface area contributed by atoms with Crippen LogP contribution in [0, 0.1) is 10.1 Å². The molecule has 0 spiro atoms. The molecular formula is C13H9N3O2S. The quantitative estimate of drug-likeness (QED) is 0.541. The summed E-state index contributed by atoms with van der Waals surface area (Å²) in [6.45, 7) is 0. The van der Waals surface area contributed by atoms with Crippen LogP contribution in [0.1, 0.15) is 0 Å². The Bertz CT molecular complexity index is 719. The van der Waals surface area contributed by atoms with Gasteiger partial charge in [-0.1, -0.05) is 12.1 Å². The predicted molar refractivity (Wildman–Crippen MR) is 73.5 cm³/mol. The maximum atomic E-state index is 11.1. The lowest BCUT2D eigenvalue weighted by atomic mass is 10.2. The van der Waals surface area contributed by atoms with Gasteiger partial charge in [0.05, 0.1) is 16.8 Å². The van der Waals surface area contributed by atoms with Crippen LogP contribution >= 0.6 is 11.3 Å². The van der Waals surface area contributed by atoms with Gasteiger partial charge >= 0.3 is 0 Å². The highest BCUT2D eigenvalue weighted by Crippen LogP contribution is 2.28. The van der Waals surface area contributed by atoms with Crippen LogP contribution in [0.4, 0.5) is 5.69 Å². The van der Waals surface area contributed by atoms with Gasteiger partial charge in [-0.15, -0.1) is 0 Å². The molecule has 6 heteroatoms. The van der Waals surface area contributed by atoms with Crippen LogP contribution < -0.4 is 0 Å². The molecule has 0 saturated heterocycles. The fourth-order valence-electron chi connectivity index (χ4n) is 1.92. The molecule has 19 heavy (non-hydrogen) atoms. The molecule has 0 N–H and O–H groups in total. The zero-order valence-corrected chi connectivity index (χ0v) is 10.6. The van der Waals surface area contributed by atoms with Crippen LogP contribution in [0.15, 0.2) is 53.4 Å². The maximum Gasteiger partial charge on any atom is 0.294 e. The van der Waals surface area contributed by atoms with Gasteiger partial charge in [0.25, 0.3) is 5.69 Å². The van der Waals surface area contributed by atoms with E-state index in [1.54, 1.807) is 40.4 Å². The van der Waals surface area contributed by atoms with Crippen molar-refractivity contribution < 1.29 is 4.92 Å². The fraction of sp³-hybridized carbons (Fsp3) is 0. The predicted octanol–water partition coefficient (Wildman–Crippen LogP) is 3.51. The lowest BCUT2D eigenvalue weighted by Crippen LogP contribution is -2.02.